The quantitative estimate of drug-likeness (QED) is 0.839. The van der Waals surface area contributed by atoms with Crippen LogP contribution in [0.15, 0.2) is 16.8 Å². The number of benzene rings is 1. The molecule has 5 heteroatoms. The first-order chi connectivity index (χ1) is 10.9. The van der Waals surface area contributed by atoms with Gasteiger partial charge in [-0.05, 0) is 31.4 Å². The molecule has 1 heterocycles. The van der Waals surface area contributed by atoms with Crippen LogP contribution in [0, 0.1) is 12.3 Å². The zero-order valence-electron chi connectivity index (χ0n) is 12.8. The van der Waals surface area contributed by atoms with Gasteiger partial charge >= 0.3 is 5.97 Å². The maximum absolute atomic E-state index is 12.3. The monoisotopic (exact) mass is 312 g/mol. The van der Waals surface area contributed by atoms with E-state index in [-0.39, 0.29) is 28.6 Å². The lowest BCUT2D eigenvalue weighted by atomic mass is 9.69. The number of phenolic OH excluding ortho intramolecular Hbond substituents is 1. The summed E-state index contributed by atoms with van der Waals surface area (Å²) in [5.41, 5.74) is 1.90. The highest BCUT2D eigenvalue weighted by atomic mass is 16.4. The van der Waals surface area contributed by atoms with Gasteiger partial charge in [0.25, 0.3) is 0 Å². The second kappa shape index (κ2) is 4.25. The predicted octanol–water partition coefficient (Wildman–Crippen LogP) is 3.62. The Kier molecular flexibility index (Phi) is 2.60. The molecule has 1 aromatic heterocycles. The molecule has 1 aromatic carbocycles. The molecule has 2 aliphatic carbocycles. The molecule has 0 bridgehead atoms. The highest BCUT2D eigenvalue weighted by Gasteiger charge is 2.48. The number of rotatable bonds is 1. The van der Waals surface area contributed by atoms with Crippen molar-refractivity contribution in [3.8, 4) is 5.75 Å². The minimum atomic E-state index is -1.09. The molecule has 1 unspecified atom stereocenters. The number of carboxylic acid groups (broad SMARTS) is 1. The van der Waals surface area contributed by atoms with E-state index >= 15 is 0 Å². The number of hydrogen-bond acceptors (Lipinski definition) is 4. The van der Waals surface area contributed by atoms with Gasteiger partial charge in [0.1, 0.15) is 17.6 Å². The topological polar surface area (TPSA) is 87.7 Å². The maximum Gasteiger partial charge on any atom is 0.339 e. The molecule has 2 atom stereocenters. The summed E-state index contributed by atoms with van der Waals surface area (Å²) in [6.07, 6.45) is 6.06. The van der Waals surface area contributed by atoms with E-state index in [4.69, 9.17) is 4.42 Å². The van der Waals surface area contributed by atoms with Crippen molar-refractivity contribution in [3.63, 3.8) is 0 Å². The number of phenols is 1. The van der Waals surface area contributed by atoms with Crippen LogP contribution in [0.4, 0.5) is 0 Å². The summed E-state index contributed by atoms with van der Waals surface area (Å²) in [6.45, 7) is 3.72. The third-order valence-corrected chi connectivity index (χ3v) is 5.49. The third kappa shape index (κ3) is 1.57. The zero-order chi connectivity index (χ0) is 16.5. The molecule has 0 saturated heterocycles. The first-order valence-corrected chi connectivity index (χ1v) is 7.58. The molecule has 0 amide bonds. The van der Waals surface area contributed by atoms with Gasteiger partial charge in [-0.3, -0.25) is 4.79 Å². The average molecular weight is 312 g/mol. The summed E-state index contributed by atoms with van der Waals surface area (Å²) in [5, 5.41) is 20.5. The molecule has 2 aliphatic rings. The second-order valence-electron chi connectivity index (χ2n) is 6.59. The summed E-state index contributed by atoms with van der Waals surface area (Å²) < 4.78 is 5.36. The molecule has 23 heavy (non-hydrogen) atoms. The van der Waals surface area contributed by atoms with Gasteiger partial charge in [-0.15, -0.1) is 0 Å². The van der Waals surface area contributed by atoms with Gasteiger partial charge in [0, 0.05) is 23.3 Å². The van der Waals surface area contributed by atoms with Crippen LogP contribution in [0.25, 0.3) is 17.0 Å². The van der Waals surface area contributed by atoms with Crippen LogP contribution < -0.4 is 0 Å². The lowest BCUT2D eigenvalue weighted by molar-refractivity contribution is -0.123. The lowest BCUT2D eigenvalue weighted by Gasteiger charge is -2.33. The summed E-state index contributed by atoms with van der Waals surface area (Å²) >= 11 is 0. The molecule has 1 saturated carbocycles. The van der Waals surface area contributed by atoms with Crippen LogP contribution in [0.3, 0.4) is 0 Å². The first-order valence-electron chi connectivity index (χ1n) is 7.58. The number of hydrogen-bond donors (Lipinski definition) is 2. The number of furan rings is 1. The first kappa shape index (κ1) is 14.1. The lowest BCUT2D eigenvalue weighted by Crippen LogP contribution is -2.28. The molecular formula is C18H16O5. The van der Waals surface area contributed by atoms with E-state index in [0.717, 1.165) is 17.4 Å². The van der Waals surface area contributed by atoms with Crippen LogP contribution in [-0.2, 0) is 4.79 Å². The molecule has 0 aliphatic heterocycles. The summed E-state index contributed by atoms with van der Waals surface area (Å²) in [6, 6.07) is 0. The molecule has 2 aromatic rings. The van der Waals surface area contributed by atoms with Gasteiger partial charge in [0.15, 0.2) is 11.3 Å². The number of aryl methyl sites for hydroxylation is 1. The van der Waals surface area contributed by atoms with E-state index in [0.29, 0.717) is 23.8 Å². The van der Waals surface area contributed by atoms with E-state index in [1.54, 1.807) is 0 Å². The minimum Gasteiger partial charge on any atom is -0.504 e. The van der Waals surface area contributed by atoms with Gasteiger partial charge < -0.3 is 14.6 Å². The van der Waals surface area contributed by atoms with E-state index in [9.17, 15) is 19.8 Å². The second-order valence-corrected chi connectivity index (χ2v) is 6.59. The summed E-state index contributed by atoms with van der Waals surface area (Å²) in [7, 11) is 0. The summed E-state index contributed by atoms with van der Waals surface area (Å²) in [4.78, 5) is 23.6. The highest BCUT2D eigenvalue weighted by molar-refractivity contribution is 6.07. The molecular weight excluding hydrogens is 296 g/mol. The zero-order valence-corrected chi connectivity index (χ0v) is 12.8. The minimum absolute atomic E-state index is 0.0385. The fourth-order valence-corrected chi connectivity index (χ4v) is 4.16. The van der Waals surface area contributed by atoms with Gasteiger partial charge in [-0.1, -0.05) is 12.2 Å². The Hall–Kier alpha value is -2.56. The van der Waals surface area contributed by atoms with Crippen molar-refractivity contribution in [3.05, 3.63) is 34.6 Å². The molecule has 4 rings (SSSR count). The van der Waals surface area contributed by atoms with Crippen molar-refractivity contribution < 1.29 is 24.2 Å². The Labute approximate surface area is 132 Å². The number of aromatic hydroxyl groups is 1. The van der Waals surface area contributed by atoms with Gasteiger partial charge in [0.05, 0.1) is 5.41 Å². The molecule has 0 spiro atoms. The van der Waals surface area contributed by atoms with Crippen LogP contribution in [0.2, 0.25) is 0 Å². The molecule has 0 radical (unpaired) electrons. The number of carbonyl (C=O) groups excluding carboxylic acids is 1. The number of fused-ring (bicyclic) bond motifs is 4. The smallest absolute Gasteiger partial charge is 0.339 e. The van der Waals surface area contributed by atoms with E-state index in [1.807, 2.05) is 26.0 Å². The van der Waals surface area contributed by atoms with Crippen molar-refractivity contribution >= 4 is 28.8 Å². The van der Waals surface area contributed by atoms with Crippen LogP contribution in [0.1, 0.15) is 52.7 Å². The maximum atomic E-state index is 12.3. The van der Waals surface area contributed by atoms with Crippen LogP contribution in [0.5, 0.6) is 5.75 Å². The number of carbonyl (C=O) groups is 2. The number of Topliss-reactive ketones (excluding diaryl/α,β-unsaturated/α-hetero) is 1. The van der Waals surface area contributed by atoms with Crippen molar-refractivity contribution in [2.75, 3.05) is 0 Å². The van der Waals surface area contributed by atoms with Crippen LogP contribution >= 0.6 is 0 Å². The summed E-state index contributed by atoms with van der Waals surface area (Å²) in [5.74, 6) is -1.06. The Morgan fingerprint density at radius 1 is 1.43 bits per heavy atom. The van der Waals surface area contributed by atoms with E-state index in [2.05, 4.69) is 0 Å². The van der Waals surface area contributed by atoms with Gasteiger partial charge in [-0.25, -0.2) is 4.79 Å². The highest BCUT2D eigenvalue weighted by Crippen LogP contribution is 2.56. The molecule has 1 fully saturated rings. The SMILES string of the molecule is Cc1c2c(c(O)c3occ(C(=O)O)c13)[C@@H]1CCC(=O)C1(C)C=C2. The van der Waals surface area contributed by atoms with Crippen molar-refractivity contribution in [1.82, 2.24) is 0 Å². The fraction of sp³-hybridized carbons (Fsp3) is 0.333. The largest absolute Gasteiger partial charge is 0.504 e. The average Bonchev–Trinajstić information content (AvgIpc) is 3.07. The van der Waals surface area contributed by atoms with Crippen molar-refractivity contribution in [2.24, 2.45) is 5.41 Å². The number of carboxylic acids is 1. The number of ketones is 1. The fourth-order valence-electron chi connectivity index (χ4n) is 4.16. The predicted molar refractivity (Wildman–Crippen MR) is 83.7 cm³/mol. The Balaban J connectivity index is 2.09. The molecule has 118 valence electrons. The molecule has 5 nitrogen and oxygen atoms in total. The number of aromatic carboxylic acids is 1. The third-order valence-electron chi connectivity index (χ3n) is 5.49. The molecule has 2 N–H and O–H groups in total. The Morgan fingerprint density at radius 2 is 2.17 bits per heavy atom. The Morgan fingerprint density at radius 3 is 2.87 bits per heavy atom. The van der Waals surface area contributed by atoms with Gasteiger partial charge in [-0.2, -0.15) is 0 Å². The van der Waals surface area contributed by atoms with E-state index < -0.39 is 11.4 Å². The standard InChI is InChI=1S/C18H16O5/c1-8-9-5-6-18(2)11(3-4-12(18)19)14(9)15(20)16-13(8)10(7-23-16)17(21)22/h5-7,11,20H,3-4H2,1-2H3,(H,21,22)/t11-,18?/m0/s1. The van der Waals surface area contributed by atoms with Gasteiger partial charge in [0.2, 0.25) is 0 Å². The van der Waals surface area contributed by atoms with Crippen molar-refractivity contribution in [2.45, 2.75) is 32.6 Å². The number of allylic oxidation sites excluding steroid dienone is 1. The normalized spacial score (nSPS) is 25.7. The van der Waals surface area contributed by atoms with Crippen molar-refractivity contribution in [1.29, 1.82) is 0 Å². The van der Waals surface area contributed by atoms with Crippen LogP contribution in [-0.4, -0.2) is 22.0 Å². The van der Waals surface area contributed by atoms with E-state index in [1.165, 1.54) is 0 Å². The Bertz CT molecular complexity index is 917.